The molecular weight excluding hydrogens is 208 g/mol. The summed E-state index contributed by atoms with van der Waals surface area (Å²) < 4.78 is 1.27. The maximum atomic E-state index is 11.7. The molecule has 0 aliphatic rings. The minimum absolute atomic E-state index is 0.108. The Morgan fingerprint density at radius 3 is 2.38 bits per heavy atom. The quantitative estimate of drug-likeness (QED) is 0.812. The molecule has 5 heteroatoms. The van der Waals surface area contributed by atoms with Gasteiger partial charge in [0.25, 0.3) is 5.56 Å². The molecule has 2 N–H and O–H groups in total. The molecule has 1 rings (SSSR count). The largest absolute Gasteiger partial charge is 0.494 e. The van der Waals surface area contributed by atoms with Crippen LogP contribution >= 0.6 is 0 Å². The third-order valence-electron chi connectivity index (χ3n) is 2.86. The smallest absolute Gasteiger partial charge is 0.331 e. The molecule has 16 heavy (non-hydrogen) atoms. The van der Waals surface area contributed by atoms with Crippen LogP contribution in [0.2, 0.25) is 0 Å². The highest BCUT2D eigenvalue weighted by atomic mass is 16.3. The lowest BCUT2D eigenvalue weighted by atomic mass is 10.0. The van der Waals surface area contributed by atoms with Gasteiger partial charge in [-0.25, -0.2) is 4.79 Å². The number of nitrogens with zero attached hydrogens (tertiary/aromatic N) is 1. The van der Waals surface area contributed by atoms with Crippen molar-refractivity contribution in [1.82, 2.24) is 9.55 Å². The van der Waals surface area contributed by atoms with E-state index in [0.29, 0.717) is 0 Å². The van der Waals surface area contributed by atoms with Crippen LogP contribution in [-0.2, 0) is 0 Å². The molecule has 0 radical (unpaired) electrons. The zero-order valence-corrected chi connectivity index (χ0v) is 10.1. The first-order chi connectivity index (χ1) is 7.40. The number of aromatic amines is 1. The van der Waals surface area contributed by atoms with Gasteiger partial charge in [0.15, 0.2) is 0 Å². The van der Waals surface area contributed by atoms with E-state index in [1.807, 2.05) is 20.8 Å². The fraction of sp³-hybridized carbons (Fsp3) is 0.636. The molecule has 5 nitrogen and oxygen atoms in total. The Morgan fingerprint density at radius 1 is 1.38 bits per heavy atom. The molecule has 1 heterocycles. The van der Waals surface area contributed by atoms with Gasteiger partial charge in [-0.1, -0.05) is 20.8 Å². The summed E-state index contributed by atoms with van der Waals surface area (Å²) in [4.78, 5) is 25.1. The van der Waals surface area contributed by atoms with Gasteiger partial charge in [0.05, 0.1) is 5.56 Å². The van der Waals surface area contributed by atoms with E-state index in [1.54, 1.807) is 0 Å². The van der Waals surface area contributed by atoms with E-state index < -0.39 is 11.2 Å². The van der Waals surface area contributed by atoms with E-state index >= 15 is 0 Å². The van der Waals surface area contributed by atoms with E-state index in [-0.39, 0.29) is 23.4 Å². The van der Waals surface area contributed by atoms with Gasteiger partial charge < -0.3 is 5.11 Å². The van der Waals surface area contributed by atoms with Crippen LogP contribution < -0.4 is 11.2 Å². The van der Waals surface area contributed by atoms with Crippen LogP contribution in [0.4, 0.5) is 0 Å². The van der Waals surface area contributed by atoms with Crippen LogP contribution in [0, 0.1) is 12.8 Å². The summed E-state index contributed by atoms with van der Waals surface area (Å²) in [5, 5.41) is 9.85. The molecule has 0 saturated carbocycles. The lowest BCUT2D eigenvalue weighted by Crippen LogP contribution is -2.35. The van der Waals surface area contributed by atoms with Gasteiger partial charge >= 0.3 is 5.69 Å². The van der Waals surface area contributed by atoms with Gasteiger partial charge in [-0.3, -0.25) is 14.3 Å². The molecule has 1 aromatic heterocycles. The van der Waals surface area contributed by atoms with Gasteiger partial charge in [-0.05, 0) is 19.3 Å². The van der Waals surface area contributed by atoms with Crippen molar-refractivity contribution in [1.29, 1.82) is 0 Å². The van der Waals surface area contributed by atoms with Crippen molar-refractivity contribution >= 4 is 0 Å². The molecule has 1 aromatic rings. The predicted molar refractivity (Wildman–Crippen MR) is 61.9 cm³/mol. The molecule has 0 spiro atoms. The lowest BCUT2D eigenvalue weighted by molar-refractivity contribution is 0.298. The van der Waals surface area contributed by atoms with E-state index in [1.165, 1.54) is 11.5 Å². The number of aromatic nitrogens is 2. The summed E-state index contributed by atoms with van der Waals surface area (Å²) in [5.74, 6) is -0.0202. The third kappa shape index (κ3) is 2.03. The Morgan fingerprint density at radius 2 is 1.94 bits per heavy atom. The molecule has 90 valence electrons. The average molecular weight is 226 g/mol. The topological polar surface area (TPSA) is 75.1 Å². The minimum atomic E-state index is -0.548. The van der Waals surface area contributed by atoms with Crippen molar-refractivity contribution < 1.29 is 5.11 Å². The Balaban J connectivity index is 3.50. The van der Waals surface area contributed by atoms with Crippen molar-refractivity contribution in [3.8, 4) is 5.88 Å². The van der Waals surface area contributed by atoms with Gasteiger partial charge in [0, 0.05) is 6.04 Å². The summed E-state index contributed by atoms with van der Waals surface area (Å²) in [6.45, 7) is 7.38. The fourth-order valence-corrected chi connectivity index (χ4v) is 1.89. The van der Waals surface area contributed by atoms with Gasteiger partial charge in [0.2, 0.25) is 5.88 Å². The maximum Gasteiger partial charge on any atom is 0.331 e. The number of aromatic hydroxyl groups is 1. The second-order valence-electron chi connectivity index (χ2n) is 4.30. The fourth-order valence-electron chi connectivity index (χ4n) is 1.89. The molecular formula is C11H18N2O3. The van der Waals surface area contributed by atoms with E-state index in [0.717, 1.165) is 6.42 Å². The summed E-state index contributed by atoms with van der Waals surface area (Å²) in [5.41, 5.74) is -0.898. The lowest BCUT2D eigenvalue weighted by Gasteiger charge is -2.23. The molecule has 0 fully saturated rings. The molecule has 0 aromatic carbocycles. The van der Waals surface area contributed by atoms with E-state index in [2.05, 4.69) is 4.98 Å². The van der Waals surface area contributed by atoms with Crippen LogP contribution in [0.3, 0.4) is 0 Å². The zero-order chi connectivity index (χ0) is 12.5. The number of rotatable bonds is 3. The molecule has 1 atom stereocenters. The highest BCUT2D eigenvalue weighted by Gasteiger charge is 2.20. The molecule has 1 unspecified atom stereocenters. The second kappa shape index (κ2) is 4.55. The van der Waals surface area contributed by atoms with Crippen molar-refractivity contribution in [2.75, 3.05) is 0 Å². The van der Waals surface area contributed by atoms with Crippen LogP contribution in [0.1, 0.15) is 38.8 Å². The Hall–Kier alpha value is -1.52. The standard InChI is InChI=1S/C11H18N2O3/c1-5-8(6(2)3)13-10(15)7(4)9(14)12-11(13)16/h6,8,15H,5H2,1-4H3,(H,12,14,16). The molecule has 0 amide bonds. The molecule has 0 aliphatic heterocycles. The van der Waals surface area contributed by atoms with Crippen LogP contribution in [0.15, 0.2) is 9.59 Å². The summed E-state index contributed by atoms with van der Waals surface area (Å²) >= 11 is 0. The highest BCUT2D eigenvalue weighted by molar-refractivity contribution is 5.21. The minimum Gasteiger partial charge on any atom is -0.494 e. The van der Waals surface area contributed by atoms with Crippen molar-refractivity contribution in [3.63, 3.8) is 0 Å². The zero-order valence-electron chi connectivity index (χ0n) is 10.1. The van der Waals surface area contributed by atoms with Crippen LogP contribution in [-0.4, -0.2) is 14.7 Å². The van der Waals surface area contributed by atoms with E-state index in [9.17, 15) is 14.7 Å². The second-order valence-corrected chi connectivity index (χ2v) is 4.30. The first kappa shape index (κ1) is 12.5. The number of H-pyrrole nitrogens is 1. The molecule has 0 aliphatic carbocycles. The SMILES string of the molecule is CCC(C(C)C)n1c(O)c(C)c(=O)[nH]c1=O. The maximum absolute atomic E-state index is 11.7. The number of nitrogens with one attached hydrogen (secondary N) is 1. The third-order valence-corrected chi connectivity index (χ3v) is 2.86. The van der Waals surface area contributed by atoms with Gasteiger partial charge in [-0.2, -0.15) is 0 Å². The highest BCUT2D eigenvalue weighted by Crippen LogP contribution is 2.24. The summed E-state index contributed by atoms with van der Waals surface area (Å²) in [6.07, 6.45) is 0.719. The first-order valence-electron chi connectivity index (χ1n) is 5.44. The van der Waals surface area contributed by atoms with Crippen LogP contribution in [0.5, 0.6) is 5.88 Å². The normalized spacial score (nSPS) is 13.1. The number of hydrogen-bond donors (Lipinski definition) is 2. The predicted octanol–water partition coefficient (Wildman–Crippen LogP) is 1.16. The molecule has 0 saturated heterocycles. The average Bonchev–Trinajstić information content (AvgIpc) is 2.20. The van der Waals surface area contributed by atoms with Crippen LogP contribution in [0.25, 0.3) is 0 Å². The Bertz CT molecular complexity index is 485. The van der Waals surface area contributed by atoms with Crippen molar-refractivity contribution in [2.24, 2.45) is 5.92 Å². The Labute approximate surface area is 93.8 Å². The van der Waals surface area contributed by atoms with Crippen molar-refractivity contribution in [3.05, 3.63) is 26.4 Å². The summed E-state index contributed by atoms with van der Waals surface area (Å²) in [7, 11) is 0. The van der Waals surface area contributed by atoms with E-state index in [4.69, 9.17) is 0 Å². The Kier molecular flexibility index (Phi) is 3.57. The molecule has 0 bridgehead atoms. The number of hydrogen-bond acceptors (Lipinski definition) is 3. The summed E-state index contributed by atoms with van der Waals surface area (Å²) in [6, 6.07) is -0.108. The van der Waals surface area contributed by atoms with Gasteiger partial charge in [0.1, 0.15) is 0 Å². The first-order valence-corrected chi connectivity index (χ1v) is 5.44. The monoisotopic (exact) mass is 226 g/mol. The van der Waals surface area contributed by atoms with Crippen molar-refractivity contribution in [2.45, 2.75) is 40.2 Å². The van der Waals surface area contributed by atoms with Gasteiger partial charge in [-0.15, -0.1) is 0 Å².